The van der Waals surface area contributed by atoms with Gasteiger partial charge >= 0.3 is 5.97 Å². The van der Waals surface area contributed by atoms with E-state index in [0.29, 0.717) is 12.4 Å². The smallest absolute Gasteiger partial charge is 0.341 e. The second kappa shape index (κ2) is 5.63. The van der Waals surface area contributed by atoms with Crippen molar-refractivity contribution in [1.29, 1.82) is 0 Å². The topological polar surface area (TPSA) is 62.7 Å². The molecule has 1 aliphatic heterocycles. The molecule has 92 valence electrons. The average Bonchev–Trinajstić information content (AvgIpc) is 2.82. The summed E-state index contributed by atoms with van der Waals surface area (Å²) in [6.45, 7) is 3.60. The number of carboxylic acids is 1. The fraction of sp³-hybridized carbons (Fsp3) is 0.500. The molecule has 0 atom stereocenters. The molecule has 0 bridgehead atoms. The summed E-state index contributed by atoms with van der Waals surface area (Å²) >= 11 is 0. The van der Waals surface area contributed by atoms with Crippen LogP contribution in [0.3, 0.4) is 0 Å². The maximum atomic E-state index is 10.9. The van der Waals surface area contributed by atoms with Gasteiger partial charge < -0.3 is 9.84 Å². The van der Waals surface area contributed by atoms with Gasteiger partial charge in [-0.25, -0.2) is 4.79 Å². The zero-order valence-corrected chi connectivity index (χ0v) is 9.63. The summed E-state index contributed by atoms with van der Waals surface area (Å²) in [4.78, 5) is 17.0. The van der Waals surface area contributed by atoms with Crippen LogP contribution in [0.25, 0.3) is 0 Å². The summed E-state index contributed by atoms with van der Waals surface area (Å²) < 4.78 is 5.50. The first-order valence-corrected chi connectivity index (χ1v) is 5.80. The Kier molecular flexibility index (Phi) is 3.93. The standard InChI is InChI=1S/C12H16N2O3/c15-12(16)10-9-13-4-3-11(10)17-8-7-14-5-1-2-6-14/h3-4,9H,1-2,5-8H2,(H,15,16). The summed E-state index contributed by atoms with van der Waals surface area (Å²) in [5, 5.41) is 8.95. The normalized spacial score (nSPS) is 16.0. The lowest BCUT2D eigenvalue weighted by molar-refractivity contribution is 0.0691. The van der Waals surface area contributed by atoms with E-state index in [9.17, 15) is 4.79 Å². The fourth-order valence-corrected chi connectivity index (χ4v) is 1.96. The number of pyridine rings is 1. The van der Waals surface area contributed by atoms with Crippen molar-refractivity contribution < 1.29 is 14.6 Å². The van der Waals surface area contributed by atoms with E-state index >= 15 is 0 Å². The van der Waals surface area contributed by atoms with Crippen LogP contribution in [0.4, 0.5) is 0 Å². The molecule has 1 fully saturated rings. The Bertz CT molecular complexity index is 389. The molecule has 1 aromatic heterocycles. The molecule has 0 aliphatic carbocycles. The van der Waals surface area contributed by atoms with E-state index < -0.39 is 5.97 Å². The number of rotatable bonds is 5. The largest absolute Gasteiger partial charge is 0.491 e. The van der Waals surface area contributed by atoms with E-state index in [4.69, 9.17) is 9.84 Å². The fourth-order valence-electron chi connectivity index (χ4n) is 1.96. The molecule has 0 radical (unpaired) electrons. The highest BCUT2D eigenvalue weighted by molar-refractivity contribution is 5.90. The number of hydrogen-bond donors (Lipinski definition) is 1. The highest BCUT2D eigenvalue weighted by Crippen LogP contribution is 2.16. The minimum atomic E-state index is -1.01. The number of aromatic carboxylic acids is 1. The number of likely N-dealkylation sites (tertiary alicyclic amines) is 1. The molecule has 5 nitrogen and oxygen atoms in total. The first kappa shape index (κ1) is 11.9. The van der Waals surface area contributed by atoms with Crippen molar-refractivity contribution in [3.05, 3.63) is 24.0 Å². The van der Waals surface area contributed by atoms with Gasteiger partial charge in [0.25, 0.3) is 0 Å². The summed E-state index contributed by atoms with van der Waals surface area (Å²) in [7, 11) is 0. The lowest BCUT2D eigenvalue weighted by atomic mass is 10.2. The van der Waals surface area contributed by atoms with Gasteiger partial charge in [0.15, 0.2) is 0 Å². The van der Waals surface area contributed by atoms with Crippen molar-refractivity contribution in [2.45, 2.75) is 12.8 Å². The van der Waals surface area contributed by atoms with Gasteiger partial charge in [0, 0.05) is 18.9 Å². The van der Waals surface area contributed by atoms with Crippen LogP contribution in [0, 0.1) is 0 Å². The molecule has 1 aromatic rings. The molecule has 1 N–H and O–H groups in total. The molecule has 0 amide bonds. The predicted octanol–water partition coefficient (Wildman–Crippen LogP) is 1.25. The number of nitrogens with zero attached hydrogens (tertiary/aromatic N) is 2. The molecule has 0 unspecified atom stereocenters. The van der Waals surface area contributed by atoms with Gasteiger partial charge in [-0.3, -0.25) is 9.88 Å². The second-order valence-corrected chi connectivity index (χ2v) is 4.07. The maximum absolute atomic E-state index is 10.9. The Labute approximate surface area is 100 Å². The summed E-state index contributed by atoms with van der Waals surface area (Å²) in [6, 6.07) is 1.59. The molecule has 0 aromatic carbocycles. The summed E-state index contributed by atoms with van der Waals surface area (Å²) in [5.41, 5.74) is 0.119. The number of carbonyl (C=O) groups is 1. The second-order valence-electron chi connectivity index (χ2n) is 4.07. The summed E-state index contributed by atoms with van der Waals surface area (Å²) in [5.74, 6) is -0.610. The minimum Gasteiger partial charge on any atom is -0.491 e. The molecular formula is C12H16N2O3. The van der Waals surface area contributed by atoms with E-state index in [2.05, 4.69) is 9.88 Å². The highest BCUT2D eigenvalue weighted by Gasteiger charge is 2.13. The van der Waals surface area contributed by atoms with E-state index in [1.165, 1.54) is 25.2 Å². The van der Waals surface area contributed by atoms with Crippen molar-refractivity contribution in [3.63, 3.8) is 0 Å². The average molecular weight is 236 g/mol. The van der Waals surface area contributed by atoms with Gasteiger partial charge in [-0.05, 0) is 32.0 Å². The molecule has 0 saturated carbocycles. The van der Waals surface area contributed by atoms with Crippen LogP contribution >= 0.6 is 0 Å². The monoisotopic (exact) mass is 236 g/mol. The van der Waals surface area contributed by atoms with E-state index in [1.54, 1.807) is 6.07 Å². The Hall–Kier alpha value is -1.62. The molecule has 2 rings (SSSR count). The number of carboxylic acid groups (broad SMARTS) is 1. The summed E-state index contributed by atoms with van der Waals surface area (Å²) in [6.07, 6.45) is 5.34. The van der Waals surface area contributed by atoms with E-state index in [0.717, 1.165) is 19.6 Å². The van der Waals surface area contributed by atoms with Gasteiger partial charge in [-0.15, -0.1) is 0 Å². The van der Waals surface area contributed by atoms with Crippen molar-refractivity contribution >= 4 is 5.97 Å². The highest BCUT2D eigenvalue weighted by atomic mass is 16.5. The van der Waals surface area contributed by atoms with Crippen LogP contribution in [-0.4, -0.2) is 47.2 Å². The van der Waals surface area contributed by atoms with E-state index in [-0.39, 0.29) is 5.56 Å². The van der Waals surface area contributed by atoms with Crippen molar-refractivity contribution in [2.75, 3.05) is 26.2 Å². The van der Waals surface area contributed by atoms with Crippen molar-refractivity contribution in [2.24, 2.45) is 0 Å². The SMILES string of the molecule is O=C(O)c1cnccc1OCCN1CCCC1. The van der Waals surface area contributed by atoms with Crippen LogP contribution in [0.5, 0.6) is 5.75 Å². The van der Waals surface area contributed by atoms with Gasteiger partial charge in [0.2, 0.25) is 0 Å². The predicted molar refractivity (Wildman–Crippen MR) is 62.4 cm³/mol. The third kappa shape index (κ3) is 3.17. The number of aromatic nitrogens is 1. The maximum Gasteiger partial charge on any atom is 0.341 e. The van der Waals surface area contributed by atoms with Gasteiger partial charge in [0.1, 0.15) is 17.9 Å². The molecule has 0 spiro atoms. The van der Waals surface area contributed by atoms with Crippen molar-refractivity contribution in [1.82, 2.24) is 9.88 Å². The first-order valence-electron chi connectivity index (χ1n) is 5.80. The number of hydrogen-bond acceptors (Lipinski definition) is 4. The Morgan fingerprint density at radius 3 is 2.94 bits per heavy atom. The zero-order chi connectivity index (χ0) is 12.1. The molecule has 2 heterocycles. The van der Waals surface area contributed by atoms with Crippen LogP contribution < -0.4 is 4.74 Å². The van der Waals surface area contributed by atoms with Crippen LogP contribution in [0.1, 0.15) is 23.2 Å². The zero-order valence-electron chi connectivity index (χ0n) is 9.63. The molecule has 17 heavy (non-hydrogen) atoms. The lowest BCUT2D eigenvalue weighted by Crippen LogP contribution is -2.25. The lowest BCUT2D eigenvalue weighted by Gasteiger charge is -2.15. The van der Waals surface area contributed by atoms with Gasteiger partial charge in [0.05, 0.1) is 0 Å². The third-order valence-electron chi connectivity index (χ3n) is 2.88. The quantitative estimate of drug-likeness (QED) is 0.833. The van der Waals surface area contributed by atoms with Gasteiger partial charge in [-0.2, -0.15) is 0 Å². The van der Waals surface area contributed by atoms with Gasteiger partial charge in [-0.1, -0.05) is 0 Å². The molecule has 1 aliphatic rings. The van der Waals surface area contributed by atoms with Crippen LogP contribution in [0.15, 0.2) is 18.5 Å². The Balaban J connectivity index is 1.87. The molecular weight excluding hydrogens is 220 g/mol. The molecule has 5 heteroatoms. The molecule has 1 saturated heterocycles. The Morgan fingerprint density at radius 1 is 1.47 bits per heavy atom. The van der Waals surface area contributed by atoms with Crippen LogP contribution in [-0.2, 0) is 0 Å². The van der Waals surface area contributed by atoms with E-state index in [1.807, 2.05) is 0 Å². The van der Waals surface area contributed by atoms with Crippen LogP contribution in [0.2, 0.25) is 0 Å². The first-order chi connectivity index (χ1) is 8.27. The Morgan fingerprint density at radius 2 is 2.24 bits per heavy atom. The third-order valence-corrected chi connectivity index (χ3v) is 2.88. The number of ether oxygens (including phenoxy) is 1. The minimum absolute atomic E-state index is 0.119. The van der Waals surface area contributed by atoms with Crippen molar-refractivity contribution in [3.8, 4) is 5.75 Å².